The summed E-state index contributed by atoms with van der Waals surface area (Å²) < 4.78 is 23.2. The fourth-order valence-corrected chi connectivity index (χ4v) is 6.31. The summed E-state index contributed by atoms with van der Waals surface area (Å²) in [6, 6.07) is 13.5. The average Bonchev–Trinajstić information content (AvgIpc) is 3.44. The van der Waals surface area contributed by atoms with Gasteiger partial charge in [0.25, 0.3) is 0 Å². The molecule has 7 nitrogen and oxygen atoms in total. The molecule has 0 unspecified atom stereocenters. The first kappa shape index (κ1) is 26.5. The first-order chi connectivity index (χ1) is 18.4. The van der Waals surface area contributed by atoms with Gasteiger partial charge < -0.3 is 24.3 Å². The number of rotatable bonds is 7. The zero-order valence-corrected chi connectivity index (χ0v) is 23.4. The Kier molecular flexibility index (Phi) is 7.91. The van der Waals surface area contributed by atoms with Gasteiger partial charge in [-0.3, -0.25) is 4.79 Å². The lowest BCUT2D eigenvalue weighted by atomic mass is 9.71. The molecule has 5 rings (SSSR count). The first-order valence-electron chi connectivity index (χ1n) is 12.9. The molecule has 0 aromatic heterocycles. The van der Waals surface area contributed by atoms with Gasteiger partial charge in [0.15, 0.2) is 5.78 Å². The van der Waals surface area contributed by atoms with Gasteiger partial charge >= 0.3 is 5.97 Å². The fraction of sp³-hybridized carbons (Fsp3) is 0.400. The van der Waals surface area contributed by atoms with Crippen LogP contribution in [0.5, 0.6) is 11.5 Å². The van der Waals surface area contributed by atoms with E-state index in [1.807, 2.05) is 49.4 Å². The Morgan fingerprint density at radius 3 is 2.61 bits per heavy atom. The molecule has 0 radical (unpaired) electrons. The number of hydrogen-bond donors (Lipinski definition) is 1. The van der Waals surface area contributed by atoms with Crippen molar-refractivity contribution in [1.29, 1.82) is 0 Å². The molecule has 2 aromatic carbocycles. The normalized spacial score (nSPS) is 23.2. The minimum absolute atomic E-state index is 0.00326. The van der Waals surface area contributed by atoms with Crippen LogP contribution in [0.1, 0.15) is 55.6 Å². The molecule has 8 heteroatoms. The molecule has 2 aromatic rings. The van der Waals surface area contributed by atoms with Crippen LogP contribution in [0.4, 0.5) is 0 Å². The van der Waals surface area contributed by atoms with Crippen molar-refractivity contribution in [3.63, 3.8) is 0 Å². The van der Waals surface area contributed by atoms with Crippen LogP contribution in [0.3, 0.4) is 0 Å². The zero-order valence-electron chi connectivity index (χ0n) is 21.8. The summed E-state index contributed by atoms with van der Waals surface area (Å²) in [4.78, 5) is 27.4. The summed E-state index contributed by atoms with van der Waals surface area (Å²) in [7, 11) is 3.25. The van der Waals surface area contributed by atoms with E-state index in [1.54, 1.807) is 14.2 Å². The van der Waals surface area contributed by atoms with Crippen molar-refractivity contribution in [2.75, 3.05) is 27.4 Å². The molecule has 0 spiro atoms. The van der Waals surface area contributed by atoms with Crippen LogP contribution < -0.4 is 14.8 Å². The molecule has 2 heterocycles. The average molecular weight is 582 g/mol. The molecule has 3 aliphatic rings. The van der Waals surface area contributed by atoms with E-state index in [2.05, 4.69) is 21.2 Å². The zero-order chi connectivity index (χ0) is 26.8. The van der Waals surface area contributed by atoms with Crippen molar-refractivity contribution < 1.29 is 28.5 Å². The number of dihydropyridines is 1. The van der Waals surface area contributed by atoms with Crippen LogP contribution in [0, 0.1) is 0 Å². The number of carbonyl (C=O) groups excluding carboxylic acids is 2. The molecule has 0 amide bonds. The number of benzene rings is 2. The number of esters is 1. The third-order valence-electron chi connectivity index (χ3n) is 7.56. The molecule has 1 aliphatic carbocycles. The van der Waals surface area contributed by atoms with Crippen LogP contribution in [-0.2, 0) is 19.1 Å². The second kappa shape index (κ2) is 11.3. The Hall–Kier alpha value is -3.10. The van der Waals surface area contributed by atoms with Gasteiger partial charge in [-0.25, -0.2) is 4.79 Å². The van der Waals surface area contributed by atoms with E-state index in [1.165, 1.54) is 0 Å². The maximum Gasteiger partial charge on any atom is 0.336 e. The lowest BCUT2D eigenvalue weighted by Gasteiger charge is -2.37. The molecule has 1 fully saturated rings. The molecular weight excluding hydrogens is 550 g/mol. The van der Waals surface area contributed by atoms with E-state index in [-0.39, 0.29) is 24.4 Å². The quantitative estimate of drug-likeness (QED) is 0.429. The van der Waals surface area contributed by atoms with E-state index in [0.717, 1.165) is 39.9 Å². The van der Waals surface area contributed by atoms with Crippen molar-refractivity contribution in [2.45, 2.75) is 50.5 Å². The standard InChI is InChI=1S/C30H32BrNO6/c1-17-27(30(34)38-16-20-7-6-12-37-20)28(18-10-11-26(36-3)22(31)13-18)29-23(32-17)14-19(15-24(29)33)21-8-4-5-9-25(21)35-2/h4-5,8-11,13,19-20,28,32H,6-7,12,14-16H2,1-3H3/t19-,20-,28-/m0/s1. The lowest BCUT2D eigenvalue weighted by Crippen LogP contribution is -2.36. The van der Waals surface area contributed by atoms with E-state index in [9.17, 15) is 9.59 Å². The highest BCUT2D eigenvalue weighted by Crippen LogP contribution is 2.47. The van der Waals surface area contributed by atoms with Crippen molar-refractivity contribution in [3.05, 3.63) is 80.6 Å². The molecule has 1 N–H and O–H groups in total. The number of ether oxygens (including phenoxy) is 4. The number of halogens is 1. The highest BCUT2D eigenvalue weighted by molar-refractivity contribution is 9.10. The molecule has 38 heavy (non-hydrogen) atoms. The van der Waals surface area contributed by atoms with E-state index in [0.29, 0.717) is 42.0 Å². The van der Waals surface area contributed by atoms with Crippen LogP contribution in [-0.4, -0.2) is 45.3 Å². The number of nitrogens with one attached hydrogen (secondary N) is 1. The molecule has 1 saturated heterocycles. The van der Waals surface area contributed by atoms with Crippen molar-refractivity contribution in [3.8, 4) is 11.5 Å². The Morgan fingerprint density at radius 1 is 1.11 bits per heavy atom. The monoisotopic (exact) mass is 581 g/mol. The Morgan fingerprint density at radius 2 is 1.89 bits per heavy atom. The minimum Gasteiger partial charge on any atom is -0.496 e. The maximum absolute atomic E-state index is 13.9. The SMILES string of the molecule is COc1ccc([C@H]2C(C(=O)OC[C@@H]3CCCO3)=C(C)NC3=C2C(=O)C[C@@H](c2ccccc2OC)C3)cc1Br. The second-order valence-electron chi connectivity index (χ2n) is 9.89. The van der Waals surface area contributed by atoms with Gasteiger partial charge in [-0.2, -0.15) is 0 Å². The van der Waals surface area contributed by atoms with Crippen LogP contribution in [0.15, 0.2) is 69.5 Å². The van der Waals surface area contributed by atoms with Gasteiger partial charge in [0, 0.05) is 41.8 Å². The molecule has 3 atom stereocenters. The summed E-state index contributed by atoms with van der Waals surface area (Å²) in [6.07, 6.45) is 2.71. The van der Waals surface area contributed by atoms with E-state index < -0.39 is 11.9 Å². The summed E-state index contributed by atoms with van der Waals surface area (Å²) in [5.74, 6) is 0.417. The number of methoxy groups -OCH3 is 2. The highest BCUT2D eigenvalue weighted by atomic mass is 79.9. The van der Waals surface area contributed by atoms with Gasteiger partial charge in [-0.1, -0.05) is 24.3 Å². The number of hydrogen-bond acceptors (Lipinski definition) is 7. The van der Waals surface area contributed by atoms with Gasteiger partial charge in [-0.05, 0) is 71.4 Å². The first-order valence-corrected chi connectivity index (χ1v) is 13.7. The van der Waals surface area contributed by atoms with Gasteiger partial charge in [0.1, 0.15) is 18.1 Å². The highest BCUT2D eigenvalue weighted by Gasteiger charge is 2.42. The van der Waals surface area contributed by atoms with Crippen LogP contribution in [0.2, 0.25) is 0 Å². The topological polar surface area (TPSA) is 83.1 Å². The molecule has 2 aliphatic heterocycles. The van der Waals surface area contributed by atoms with Crippen LogP contribution in [0.25, 0.3) is 0 Å². The largest absolute Gasteiger partial charge is 0.496 e. The van der Waals surface area contributed by atoms with Gasteiger partial charge in [0.05, 0.1) is 30.4 Å². The number of para-hydroxylation sites is 1. The van der Waals surface area contributed by atoms with Crippen molar-refractivity contribution in [2.24, 2.45) is 0 Å². The Labute approximate surface area is 231 Å². The number of ketones is 1. The lowest BCUT2D eigenvalue weighted by molar-refractivity contribution is -0.142. The Balaban J connectivity index is 1.53. The van der Waals surface area contributed by atoms with E-state index in [4.69, 9.17) is 18.9 Å². The molecule has 0 bridgehead atoms. The van der Waals surface area contributed by atoms with Crippen LogP contribution >= 0.6 is 15.9 Å². The fourth-order valence-electron chi connectivity index (χ4n) is 5.75. The molecule has 0 saturated carbocycles. The molecular formula is C30H32BrNO6. The number of Topliss-reactive ketones (excluding diaryl/α,β-unsaturated/α-hetero) is 1. The minimum atomic E-state index is -0.559. The van der Waals surface area contributed by atoms with E-state index >= 15 is 0 Å². The number of carbonyl (C=O) groups is 2. The summed E-state index contributed by atoms with van der Waals surface area (Å²) in [5, 5.41) is 3.41. The second-order valence-corrected chi connectivity index (χ2v) is 10.7. The summed E-state index contributed by atoms with van der Waals surface area (Å²) >= 11 is 3.58. The maximum atomic E-state index is 13.9. The number of allylic oxidation sites excluding steroid dienone is 3. The predicted octanol–water partition coefficient (Wildman–Crippen LogP) is 5.55. The third-order valence-corrected chi connectivity index (χ3v) is 8.18. The third kappa shape index (κ3) is 5.12. The van der Waals surface area contributed by atoms with Crippen molar-refractivity contribution in [1.82, 2.24) is 5.32 Å². The summed E-state index contributed by atoms with van der Waals surface area (Å²) in [5.41, 5.74) is 4.41. The molecule has 200 valence electrons. The Bertz CT molecular complexity index is 1310. The summed E-state index contributed by atoms with van der Waals surface area (Å²) in [6.45, 7) is 2.76. The predicted molar refractivity (Wildman–Crippen MR) is 146 cm³/mol. The smallest absolute Gasteiger partial charge is 0.336 e. The van der Waals surface area contributed by atoms with Crippen molar-refractivity contribution >= 4 is 27.7 Å². The van der Waals surface area contributed by atoms with Gasteiger partial charge in [0.2, 0.25) is 0 Å². The van der Waals surface area contributed by atoms with Gasteiger partial charge in [-0.15, -0.1) is 0 Å².